The molecule has 1 aliphatic carbocycles. The molecule has 98 valence electrons. The van der Waals surface area contributed by atoms with Crippen LogP contribution in [0.1, 0.15) is 49.8 Å². The highest BCUT2D eigenvalue weighted by Crippen LogP contribution is 2.23. The highest BCUT2D eigenvalue weighted by atomic mass is 32.1. The molecule has 0 aromatic carbocycles. The van der Waals surface area contributed by atoms with Crippen LogP contribution in [0.3, 0.4) is 0 Å². The summed E-state index contributed by atoms with van der Waals surface area (Å²) in [7, 11) is 0. The van der Waals surface area contributed by atoms with Gasteiger partial charge in [0, 0.05) is 24.3 Å². The van der Waals surface area contributed by atoms with Crippen LogP contribution < -0.4 is 4.90 Å². The van der Waals surface area contributed by atoms with Gasteiger partial charge in [0.25, 0.3) is 0 Å². The first-order valence-corrected chi connectivity index (χ1v) is 7.62. The Morgan fingerprint density at radius 3 is 2.44 bits per heavy atom. The van der Waals surface area contributed by atoms with Crippen molar-refractivity contribution < 1.29 is 0 Å². The summed E-state index contributed by atoms with van der Waals surface area (Å²) in [6, 6.07) is 0. The van der Waals surface area contributed by atoms with Gasteiger partial charge in [-0.2, -0.15) is 0 Å². The fourth-order valence-corrected chi connectivity index (χ4v) is 3.35. The van der Waals surface area contributed by atoms with Crippen LogP contribution in [0.4, 0.5) is 5.95 Å². The molecule has 0 unspecified atom stereocenters. The summed E-state index contributed by atoms with van der Waals surface area (Å²) in [6.45, 7) is 2.24. The number of nitrogens with zero attached hydrogens (tertiary/aromatic N) is 2. The Balaban J connectivity index is 1.92. The molecule has 4 heteroatoms. The first-order chi connectivity index (χ1) is 8.84. The van der Waals surface area contributed by atoms with E-state index in [0.717, 1.165) is 36.5 Å². The normalized spacial score (nSPS) is 20.3. The zero-order valence-electron chi connectivity index (χ0n) is 10.9. The lowest BCUT2D eigenvalue weighted by molar-refractivity contribution is 0.652. The highest BCUT2D eigenvalue weighted by molar-refractivity contribution is 7.71. The Bertz CT molecular complexity index is 472. The van der Waals surface area contributed by atoms with Crippen LogP contribution in [0.2, 0.25) is 0 Å². The third-order valence-corrected chi connectivity index (χ3v) is 4.44. The van der Waals surface area contributed by atoms with Crippen LogP contribution in [0.15, 0.2) is 0 Å². The van der Waals surface area contributed by atoms with Crippen molar-refractivity contribution >= 4 is 18.2 Å². The predicted molar refractivity (Wildman–Crippen MR) is 76.7 cm³/mol. The van der Waals surface area contributed by atoms with Crippen LogP contribution in [-0.4, -0.2) is 23.1 Å². The van der Waals surface area contributed by atoms with Crippen LogP contribution in [0.25, 0.3) is 0 Å². The molecule has 0 saturated carbocycles. The Morgan fingerprint density at radius 2 is 1.67 bits per heavy atom. The Labute approximate surface area is 114 Å². The number of fused-ring (bicyclic) bond motifs is 1. The molecule has 18 heavy (non-hydrogen) atoms. The van der Waals surface area contributed by atoms with Gasteiger partial charge >= 0.3 is 0 Å². The lowest BCUT2D eigenvalue weighted by atomic mass is 9.98. The van der Waals surface area contributed by atoms with Crippen LogP contribution >= 0.6 is 12.2 Å². The first-order valence-electron chi connectivity index (χ1n) is 7.21. The van der Waals surface area contributed by atoms with Gasteiger partial charge in [-0.1, -0.05) is 25.1 Å². The van der Waals surface area contributed by atoms with Crippen molar-refractivity contribution in [2.75, 3.05) is 18.0 Å². The molecule has 1 aromatic rings. The molecule has 3 rings (SSSR count). The lowest BCUT2D eigenvalue weighted by Gasteiger charge is -2.24. The summed E-state index contributed by atoms with van der Waals surface area (Å²) in [5.41, 5.74) is 2.65. The molecule has 0 amide bonds. The number of nitrogens with one attached hydrogen (secondary N) is 1. The molecule has 1 aliphatic heterocycles. The highest BCUT2D eigenvalue weighted by Gasteiger charge is 2.17. The molecule has 0 spiro atoms. The molecule has 3 nitrogen and oxygen atoms in total. The van der Waals surface area contributed by atoms with Crippen molar-refractivity contribution in [3.8, 4) is 0 Å². The van der Waals surface area contributed by atoms with E-state index in [9.17, 15) is 0 Å². The van der Waals surface area contributed by atoms with E-state index >= 15 is 0 Å². The summed E-state index contributed by atoms with van der Waals surface area (Å²) in [6.07, 6.45) is 10.0. The molecule has 0 bridgehead atoms. The summed E-state index contributed by atoms with van der Waals surface area (Å²) >= 11 is 5.47. The molecule has 2 heterocycles. The second-order valence-electron chi connectivity index (χ2n) is 5.43. The fourth-order valence-electron chi connectivity index (χ4n) is 3.04. The molecular weight excluding hydrogens is 242 g/mol. The molecule has 1 saturated heterocycles. The van der Waals surface area contributed by atoms with E-state index in [-0.39, 0.29) is 0 Å². The maximum Gasteiger partial charge on any atom is 0.204 e. The third kappa shape index (κ3) is 2.44. The van der Waals surface area contributed by atoms with Gasteiger partial charge in [0.2, 0.25) is 5.95 Å². The van der Waals surface area contributed by atoms with Gasteiger partial charge in [-0.15, -0.1) is 0 Å². The average molecular weight is 263 g/mol. The van der Waals surface area contributed by atoms with Gasteiger partial charge < -0.3 is 9.88 Å². The molecule has 2 aliphatic rings. The van der Waals surface area contributed by atoms with E-state index in [1.807, 2.05) is 0 Å². The van der Waals surface area contributed by atoms with Crippen LogP contribution in [-0.2, 0) is 12.8 Å². The standard InChI is InChI=1S/C14H21N3S/c18-13-11-7-3-4-8-12(11)15-14(16-13)17-9-5-1-2-6-10-17/h1-10H2,(H,15,16,18). The van der Waals surface area contributed by atoms with E-state index in [4.69, 9.17) is 12.2 Å². The topological polar surface area (TPSA) is 31.9 Å². The van der Waals surface area contributed by atoms with Crippen LogP contribution in [0, 0.1) is 4.64 Å². The summed E-state index contributed by atoms with van der Waals surface area (Å²) in [4.78, 5) is 10.6. The summed E-state index contributed by atoms with van der Waals surface area (Å²) < 4.78 is 0.836. The van der Waals surface area contributed by atoms with E-state index in [1.54, 1.807) is 0 Å². The lowest BCUT2D eigenvalue weighted by Crippen LogP contribution is -2.27. The number of hydrogen-bond donors (Lipinski definition) is 1. The van der Waals surface area contributed by atoms with Crippen molar-refractivity contribution in [3.63, 3.8) is 0 Å². The van der Waals surface area contributed by atoms with Gasteiger partial charge in [-0.3, -0.25) is 0 Å². The van der Waals surface area contributed by atoms with Crippen molar-refractivity contribution in [2.24, 2.45) is 0 Å². The number of aryl methyl sites for hydroxylation is 1. The van der Waals surface area contributed by atoms with Gasteiger partial charge in [0.15, 0.2) is 0 Å². The SMILES string of the molecule is S=c1nc(N2CCCCCC2)[nH]c2c1CCCC2. The molecular formula is C14H21N3S. The maximum atomic E-state index is 5.47. The third-order valence-electron chi connectivity index (χ3n) is 4.10. The smallest absolute Gasteiger partial charge is 0.204 e. The summed E-state index contributed by atoms with van der Waals surface area (Å²) in [5, 5.41) is 0. The second-order valence-corrected chi connectivity index (χ2v) is 5.82. The van der Waals surface area contributed by atoms with Crippen molar-refractivity contribution in [1.29, 1.82) is 0 Å². The van der Waals surface area contributed by atoms with Crippen molar-refractivity contribution in [2.45, 2.75) is 51.4 Å². The minimum Gasteiger partial charge on any atom is -0.342 e. The fraction of sp³-hybridized carbons (Fsp3) is 0.714. The minimum absolute atomic E-state index is 0.836. The van der Waals surface area contributed by atoms with E-state index in [2.05, 4.69) is 14.9 Å². The van der Waals surface area contributed by atoms with Gasteiger partial charge in [0.1, 0.15) is 4.64 Å². The monoisotopic (exact) mass is 263 g/mol. The van der Waals surface area contributed by atoms with Crippen LogP contribution in [0.5, 0.6) is 0 Å². The number of aromatic nitrogens is 2. The van der Waals surface area contributed by atoms with Gasteiger partial charge in [0.05, 0.1) is 0 Å². The quantitative estimate of drug-likeness (QED) is 0.788. The molecule has 0 atom stereocenters. The average Bonchev–Trinajstić information content (AvgIpc) is 2.67. The molecule has 1 fully saturated rings. The number of aromatic amines is 1. The number of hydrogen-bond acceptors (Lipinski definition) is 3. The van der Waals surface area contributed by atoms with E-state index < -0.39 is 0 Å². The van der Waals surface area contributed by atoms with Gasteiger partial charge in [-0.25, -0.2) is 4.98 Å². The zero-order valence-corrected chi connectivity index (χ0v) is 11.7. The Kier molecular flexibility index (Phi) is 3.64. The predicted octanol–water partition coefficient (Wildman–Crippen LogP) is 3.40. The second kappa shape index (κ2) is 5.39. The molecule has 0 radical (unpaired) electrons. The summed E-state index contributed by atoms with van der Waals surface area (Å²) in [5.74, 6) is 1.02. The Hall–Kier alpha value is -0.900. The molecule has 1 aromatic heterocycles. The van der Waals surface area contributed by atoms with Crippen molar-refractivity contribution in [3.05, 3.63) is 15.9 Å². The molecule has 1 N–H and O–H groups in total. The number of rotatable bonds is 1. The number of H-pyrrole nitrogens is 1. The maximum absolute atomic E-state index is 5.47. The van der Waals surface area contributed by atoms with E-state index in [0.29, 0.717) is 0 Å². The first kappa shape index (κ1) is 12.2. The zero-order chi connectivity index (χ0) is 12.4. The minimum atomic E-state index is 0.836. The van der Waals surface area contributed by atoms with Crippen molar-refractivity contribution in [1.82, 2.24) is 9.97 Å². The Morgan fingerprint density at radius 1 is 0.944 bits per heavy atom. The largest absolute Gasteiger partial charge is 0.342 e. The number of anilines is 1. The van der Waals surface area contributed by atoms with Gasteiger partial charge in [-0.05, 0) is 38.5 Å². The van der Waals surface area contributed by atoms with E-state index in [1.165, 1.54) is 49.8 Å².